The molecule has 4 N–H and O–H groups in total. The number of carboxylic acids is 1. The van der Waals surface area contributed by atoms with Crippen molar-refractivity contribution >= 4 is 24.1 Å². The minimum absolute atomic E-state index is 0.0406. The minimum atomic E-state index is -1.14. The largest absolute Gasteiger partial charge is 0.480 e. The lowest BCUT2D eigenvalue weighted by Gasteiger charge is -2.23. The summed E-state index contributed by atoms with van der Waals surface area (Å²) in [6, 6.07) is 13.9. The van der Waals surface area contributed by atoms with Gasteiger partial charge in [-0.05, 0) is 74.6 Å². The highest BCUT2D eigenvalue weighted by atomic mass is 16.6. The highest BCUT2D eigenvalue weighted by molar-refractivity contribution is 5.89. The van der Waals surface area contributed by atoms with Gasteiger partial charge in [0.2, 0.25) is 5.91 Å². The van der Waals surface area contributed by atoms with E-state index in [0.29, 0.717) is 19.4 Å². The van der Waals surface area contributed by atoms with Gasteiger partial charge in [-0.2, -0.15) is 0 Å². The summed E-state index contributed by atoms with van der Waals surface area (Å²) >= 11 is 0. The van der Waals surface area contributed by atoms with E-state index < -0.39 is 41.7 Å². The summed E-state index contributed by atoms with van der Waals surface area (Å²) in [5, 5.41) is 17.5. The fraction of sp³-hybridized carbons (Fsp3) is 0.500. The number of carboxylic acid groups (broad SMARTS) is 1. The molecule has 3 amide bonds. The van der Waals surface area contributed by atoms with Gasteiger partial charge < -0.3 is 30.5 Å². The Morgan fingerprint density at radius 1 is 0.857 bits per heavy atom. The molecule has 10 nitrogen and oxygen atoms in total. The molecule has 0 fully saturated rings. The molecule has 0 saturated heterocycles. The summed E-state index contributed by atoms with van der Waals surface area (Å²) in [5.74, 6) is -1.84. The lowest BCUT2D eigenvalue weighted by molar-refractivity contribution is -0.142. The normalized spacial score (nSPS) is 13.9. The van der Waals surface area contributed by atoms with Gasteiger partial charge in [0, 0.05) is 12.5 Å². The van der Waals surface area contributed by atoms with Crippen molar-refractivity contribution in [3.8, 4) is 11.1 Å². The Bertz CT molecular complexity index is 1210. The number of carbonyl (C=O) groups is 4. The van der Waals surface area contributed by atoms with Crippen LogP contribution in [0.1, 0.15) is 77.3 Å². The average molecular weight is 582 g/mol. The summed E-state index contributed by atoms with van der Waals surface area (Å²) < 4.78 is 10.8. The Balaban J connectivity index is 1.62. The summed E-state index contributed by atoms with van der Waals surface area (Å²) in [7, 11) is 0. The predicted octanol–water partition coefficient (Wildman–Crippen LogP) is 5.20. The molecule has 0 bridgehead atoms. The van der Waals surface area contributed by atoms with Crippen molar-refractivity contribution < 1.29 is 33.8 Å². The number of nitrogens with one attached hydrogen (secondary N) is 3. The van der Waals surface area contributed by atoms with Crippen LogP contribution in [0.5, 0.6) is 0 Å². The van der Waals surface area contributed by atoms with Crippen LogP contribution >= 0.6 is 0 Å². The average Bonchev–Trinajstić information content (AvgIpc) is 3.23. The molecule has 1 aliphatic carbocycles. The first kappa shape index (κ1) is 32.4. The molecule has 2 aromatic carbocycles. The fourth-order valence-electron chi connectivity index (χ4n) is 4.99. The predicted molar refractivity (Wildman–Crippen MR) is 159 cm³/mol. The second-order valence-electron chi connectivity index (χ2n) is 12.0. The molecular weight excluding hydrogens is 538 g/mol. The number of fused-ring (bicyclic) bond motifs is 3. The number of hydrogen-bond donors (Lipinski definition) is 4. The van der Waals surface area contributed by atoms with Crippen LogP contribution in [0.25, 0.3) is 11.1 Å². The summed E-state index contributed by atoms with van der Waals surface area (Å²) in [5.41, 5.74) is 3.72. The maximum absolute atomic E-state index is 13.2. The van der Waals surface area contributed by atoms with Crippen molar-refractivity contribution in [3.63, 3.8) is 0 Å². The number of unbranched alkanes of at least 4 members (excludes halogenated alkanes) is 1. The quantitative estimate of drug-likeness (QED) is 0.238. The van der Waals surface area contributed by atoms with Crippen molar-refractivity contribution in [2.24, 2.45) is 5.92 Å². The molecule has 2 aromatic rings. The molecule has 0 aliphatic heterocycles. The molecule has 0 radical (unpaired) electrons. The van der Waals surface area contributed by atoms with E-state index in [1.165, 1.54) is 0 Å². The third-order valence-corrected chi connectivity index (χ3v) is 6.86. The SMILES string of the molecule is CC(C)C[C@H](NC(=O)[C@H](CCCCNC(=O)OC(C)(C)C)NC(=O)OCC1c2ccccc2-c2ccccc21)C(=O)O. The van der Waals surface area contributed by atoms with Gasteiger partial charge in [0.05, 0.1) is 0 Å². The van der Waals surface area contributed by atoms with Gasteiger partial charge in [0.1, 0.15) is 24.3 Å². The smallest absolute Gasteiger partial charge is 0.407 e. The van der Waals surface area contributed by atoms with Crippen LogP contribution in [0, 0.1) is 5.92 Å². The molecule has 42 heavy (non-hydrogen) atoms. The molecule has 0 unspecified atom stereocenters. The number of hydrogen-bond acceptors (Lipinski definition) is 6. The first-order valence-electron chi connectivity index (χ1n) is 14.5. The second kappa shape index (κ2) is 14.7. The number of amides is 3. The lowest BCUT2D eigenvalue weighted by atomic mass is 9.98. The second-order valence-corrected chi connectivity index (χ2v) is 12.0. The van der Waals surface area contributed by atoms with Crippen LogP contribution < -0.4 is 16.0 Å². The number of aliphatic carboxylic acids is 1. The summed E-state index contributed by atoms with van der Waals surface area (Å²) in [6.07, 6.45) is 0.160. The van der Waals surface area contributed by atoms with Gasteiger partial charge in [-0.15, -0.1) is 0 Å². The molecule has 2 atom stereocenters. The van der Waals surface area contributed by atoms with E-state index in [-0.39, 0.29) is 31.3 Å². The molecule has 0 heterocycles. The zero-order valence-corrected chi connectivity index (χ0v) is 25.1. The summed E-state index contributed by atoms with van der Waals surface area (Å²) in [4.78, 5) is 49.7. The Hall–Kier alpha value is -4.08. The maximum Gasteiger partial charge on any atom is 0.407 e. The number of carbonyl (C=O) groups excluding carboxylic acids is 3. The monoisotopic (exact) mass is 581 g/mol. The van der Waals surface area contributed by atoms with Gasteiger partial charge in [0.25, 0.3) is 0 Å². The van der Waals surface area contributed by atoms with Crippen LogP contribution in [0.4, 0.5) is 9.59 Å². The fourth-order valence-corrected chi connectivity index (χ4v) is 4.99. The standard InChI is InChI=1S/C32H43N3O7/c1-20(2)18-27(29(37)38)34-28(36)26(16-10-11-17-33-30(39)42-32(3,4)5)35-31(40)41-19-25-23-14-8-6-12-21(23)22-13-7-9-15-24(22)25/h6-9,12-15,20,25-27H,10-11,16-19H2,1-5H3,(H,33,39)(H,34,36)(H,35,40)(H,37,38)/t26-,27-/m0/s1. The summed E-state index contributed by atoms with van der Waals surface area (Å²) in [6.45, 7) is 9.45. The number of benzene rings is 2. The van der Waals surface area contributed by atoms with Crippen LogP contribution in [0.15, 0.2) is 48.5 Å². The van der Waals surface area contributed by atoms with Crippen molar-refractivity contribution in [1.82, 2.24) is 16.0 Å². The van der Waals surface area contributed by atoms with Crippen molar-refractivity contribution in [2.45, 2.75) is 83.9 Å². The van der Waals surface area contributed by atoms with Crippen LogP contribution in [-0.2, 0) is 19.1 Å². The number of rotatable bonds is 13. The highest BCUT2D eigenvalue weighted by Gasteiger charge is 2.31. The Morgan fingerprint density at radius 3 is 2.00 bits per heavy atom. The molecule has 228 valence electrons. The molecule has 0 aromatic heterocycles. The van der Waals surface area contributed by atoms with E-state index in [0.717, 1.165) is 22.3 Å². The first-order chi connectivity index (χ1) is 19.9. The number of alkyl carbamates (subject to hydrolysis) is 2. The van der Waals surface area contributed by atoms with Gasteiger partial charge in [-0.1, -0.05) is 62.4 Å². The highest BCUT2D eigenvalue weighted by Crippen LogP contribution is 2.44. The molecular formula is C32H43N3O7. The van der Waals surface area contributed by atoms with Crippen LogP contribution in [0.2, 0.25) is 0 Å². The van der Waals surface area contributed by atoms with E-state index in [1.54, 1.807) is 20.8 Å². The number of ether oxygens (including phenoxy) is 2. The van der Waals surface area contributed by atoms with Crippen LogP contribution in [0.3, 0.4) is 0 Å². The van der Waals surface area contributed by atoms with Gasteiger partial charge in [0.15, 0.2) is 0 Å². The Kier molecular flexibility index (Phi) is 11.4. The van der Waals surface area contributed by atoms with E-state index in [9.17, 15) is 24.3 Å². The zero-order valence-electron chi connectivity index (χ0n) is 25.1. The Labute approximate surface area is 247 Å². The molecule has 0 saturated carbocycles. The third-order valence-electron chi connectivity index (χ3n) is 6.86. The van der Waals surface area contributed by atoms with E-state index >= 15 is 0 Å². The van der Waals surface area contributed by atoms with Crippen LogP contribution in [-0.4, -0.2) is 60.0 Å². The van der Waals surface area contributed by atoms with Gasteiger partial charge in [-0.25, -0.2) is 14.4 Å². The topological polar surface area (TPSA) is 143 Å². The first-order valence-corrected chi connectivity index (χ1v) is 14.5. The molecule has 1 aliphatic rings. The molecule has 10 heteroatoms. The molecule has 0 spiro atoms. The maximum atomic E-state index is 13.2. The molecule has 3 rings (SSSR count). The third kappa shape index (κ3) is 9.49. The van der Waals surface area contributed by atoms with Crippen molar-refractivity contribution in [1.29, 1.82) is 0 Å². The van der Waals surface area contributed by atoms with Gasteiger partial charge in [-0.3, -0.25) is 4.79 Å². The van der Waals surface area contributed by atoms with E-state index in [4.69, 9.17) is 9.47 Å². The van der Waals surface area contributed by atoms with E-state index in [1.807, 2.05) is 62.4 Å². The van der Waals surface area contributed by atoms with Crippen molar-refractivity contribution in [2.75, 3.05) is 13.2 Å². The van der Waals surface area contributed by atoms with Gasteiger partial charge >= 0.3 is 18.2 Å². The lowest BCUT2D eigenvalue weighted by Crippen LogP contribution is -2.52. The van der Waals surface area contributed by atoms with Crippen molar-refractivity contribution in [3.05, 3.63) is 59.7 Å². The Morgan fingerprint density at radius 2 is 1.45 bits per heavy atom. The minimum Gasteiger partial charge on any atom is -0.480 e. The van der Waals surface area contributed by atoms with E-state index in [2.05, 4.69) is 16.0 Å². The zero-order chi connectivity index (χ0) is 30.9.